The normalized spacial score (nSPS) is 24.7. The van der Waals surface area contributed by atoms with E-state index in [1.165, 1.54) is 18.2 Å². The lowest BCUT2D eigenvalue weighted by Crippen LogP contribution is -2.43. The quantitative estimate of drug-likeness (QED) is 0.287. The molecule has 1 saturated carbocycles. The molecule has 2 aromatic heterocycles. The second-order valence-electron chi connectivity index (χ2n) is 12.9. The maximum absolute atomic E-state index is 16.9. The van der Waals surface area contributed by atoms with Crippen LogP contribution in [0.15, 0.2) is 24.3 Å². The molecule has 3 fully saturated rings. The van der Waals surface area contributed by atoms with Gasteiger partial charge in [-0.2, -0.15) is 9.97 Å². The smallest absolute Gasteiger partial charge is 0.319 e. The van der Waals surface area contributed by atoms with Gasteiger partial charge in [0.15, 0.2) is 5.82 Å². The molecule has 2 N–H and O–H groups in total. The number of alkyl halides is 1. The summed E-state index contributed by atoms with van der Waals surface area (Å²) in [6.07, 6.45) is 3.14. The van der Waals surface area contributed by atoms with Gasteiger partial charge < -0.3 is 24.6 Å². The van der Waals surface area contributed by atoms with Gasteiger partial charge in [0.1, 0.15) is 53.4 Å². The number of benzene rings is 2. The van der Waals surface area contributed by atoms with Crippen molar-refractivity contribution < 1.29 is 32.9 Å². The number of phenolic OH excluding ortho intramolecular Hbond substituents is 1. The molecule has 5 heterocycles. The summed E-state index contributed by atoms with van der Waals surface area (Å²) in [7, 11) is 1.78. The molecule has 0 amide bonds. The van der Waals surface area contributed by atoms with Crippen molar-refractivity contribution in [2.24, 2.45) is 0 Å². The van der Waals surface area contributed by atoms with Gasteiger partial charge in [-0.1, -0.05) is 6.07 Å². The van der Waals surface area contributed by atoms with E-state index in [-0.39, 0.29) is 77.4 Å². The largest absolute Gasteiger partial charge is 0.508 e. The molecule has 3 aliphatic heterocycles. The van der Waals surface area contributed by atoms with E-state index in [4.69, 9.17) is 9.47 Å². The summed E-state index contributed by atoms with van der Waals surface area (Å²) in [5, 5.41) is 21.7. The molecule has 3 atom stereocenters. The average Bonchev–Trinajstić information content (AvgIpc) is 3.73. The number of hydrogen-bond donors (Lipinski definition) is 2. The van der Waals surface area contributed by atoms with Crippen molar-refractivity contribution in [3.63, 3.8) is 0 Å². The average molecular weight is 622 g/mol. The number of anilines is 1. The Kier molecular flexibility index (Phi) is 6.72. The second-order valence-corrected chi connectivity index (χ2v) is 12.9. The lowest BCUT2D eigenvalue weighted by molar-refractivity contribution is 0.107. The van der Waals surface area contributed by atoms with Gasteiger partial charge in [-0.3, -0.25) is 4.90 Å². The highest BCUT2D eigenvalue weighted by Crippen LogP contribution is 2.49. The molecular formula is C33H34F3N5O4. The zero-order valence-corrected chi connectivity index (χ0v) is 24.9. The Hall–Kier alpha value is -3.90. The summed E-state index contributed by atoms with van der Waals surface area (Å²) in [5.74, 6) is -0.869. The van der Waals surface area contributed by atoms with Crippen LogP contribution in [0.4, 0.5) is 19.0 Å². The van der Waals surface area contributed by atoms with Crippen molar-refractivity contribution in [1.82, 2.24) is 19.9 Å². The first kappa shape index (κ1) is 28.6. The zero-order chi connectivity index (χ0) is 31.0. The Labute approximate surface area is 257 Å². The zero-order valence-electron chi connectivity index (χ0n) is 24.9. The Morgan fingerprint density at radius 3 is 2.78 bits per heavy atom. The minimum absolute atomic E-state index is 0.00540. The van der Waals surface area contributed by atoms with Crippen molar-refractivity contribution in [2.75, 3.05) is 44.9 Å². The van der Waals surface area contributed by atoms with Crippen LogP contribution in [0.2, 0.25) is 0 Å². The van der Waals surface area contributed by atoms with Crippen molar-refractivity contribution in [3.8, 4) is 28.9 Å². The summed E-state index contributed by atoms with van der Waals surface area (Å²) < 4.78 is 59.0. The van der Waals surface area contributed by atoms with Crippen molar-refractivity contribution >= 4 is 27.5 Å². The van der Waals surface area contributed by atoms with Crippen LogP contribution in [0.5, 0.6) is 17.6 Å². The summed E-state index contributed by atoms with van der Waals surface area (Å²) in [5.41, 5.74) is 0.0216. The summed E-state index contributed by atoms with van der Waals surface area (Å²) in [6, 6.07) is 5.50. The maximum Gasteiger partial charge on any atom is 0.319 e. The van der Waals surface area contributed by atoms with Gasteiger partial charge in [-0.05, 0) is 79.1 Å². The van der Waals surface area contributed by atoms with Gasteiger partial charge in [0.25, 0.3) is 0 Å². The van der Waals surface area contributed by atoms with E-state index >= 15 is 8.78 Å². The van der Waals surface area contributed by atoms with Crippen LogP contribution in [0.3, 0.4) is 0 Å². The number of nitrogens with zero attached hydrogens (tertiary/aromatic N) is 5. The lowest BCUT2D eigenvalue weighted by atomic mass is 9.93. The number of likely N-dealkylation sites (N-methyl/N-ethyl adjacent to an activating group) is 1. The highest BCUT2D eigenvalue weighted by atomic mass is 19.1. The van der Waals surface area contributed by atoms with Gasteiger partial charge in [-0.15, -0.1) is 0 Å². The topological polar surface area (TPSA) is 104 Å². The van der Waals surface area contributed by atoms with E-state index < -0.39 is 17.5 Å². The van der Waals surface area contributed by atoms with E-state index in [1.54, 1.807) is 13.1 Å². The number of rotatable bonds is 7. The van der Waals surface area contributed by atoms with Gasteiger partial charge in [-0.25, -0.2) is 18.2 Å². The van der Waals surface area contributed by atoms with Gasteiger partial charge in [0.2, 0.25) is 5.88 Å². The molecule has 1 aliphatic carbocycles. The first-order valence-corrected chi connectivity index (χ1v) is 15.6. The Balaban J connectivity index is 1.32. The van der Waals surface area contributed by atoms with E-state index in [1.807, 2.05) is 4.90 Å². The molecule has 2 aromatic carbocycles. The van der Waals surface area contributed by atoms with Crippen LogP contribution in [-0.4, -0.2) is 87.8 Å². The van der Waals surface area contributed by atoms with E-state index in [2.05, 4.69) is 19.9 Å². The van der Waals surface area contributed by atoms with E-state index in [0.717, 1.165) is 32.2 Å². The summed E-state index contributed by atoms with van der Waals surface area (Å²) in [4.78, 5) is 17.8. The van der Waals surface area contributed by atoms with Crippen LogP contribution in [0.25, 0.3) is 32.9 Å². The molecule has 236 valence electrons. The van der Waals surface area contributed by atoms with E-state index in [0.29, 0.717) is 41.5 Å². The molecule has 2 saturated heterocycles. The molecule has 4 aliphatic rings. The van der Waals surface area contributed by atoms with Crippen LogP contribution < -0.4 is 14.4 Å². The van der Waals surface area contributed by atoms with Crippen LogP contribution >= 0.6 is 0 Å². The number of aliphatic hydroxyl groups is 1. The number of pyridine rings is 1. The van der Waals surface area contributed by atoms with Gasteiger partial charge in [0, 0.05) is 32.2 Å². The van der Waals surface area contributed by atoms with Crippen molar-refractivity contribution in [1.29, 1.82) is 0 Å². The van der Waals surface area contributed by atoms with Crippen molar-refractivity contribution in [3.05, 3.63) is 41.5 Å². The van der Waals surface area contributed by atoms with Crippen molar-refractivity contribution in [2.45, 2.75) is 62.2 Å². The molecule has 45 heavy (non-hydrogen) atoms. The predicted octanol–water partition coefficient (Wildman–Crippen LogP) is 5.24. The highest BCUT2D eigenvalue weighted by molar-refractivity contribution is 6.03. The third-order valence-corrected chi connectivity index (χ3v) is 10.0. The number of halogens is 3. The SMILES string of the molecule is CN1c2nc(OC[C@@]34CCCN3C[C@H](F)C4)nc3c(F)c(-c4cc(O)cc5ccc(F)c(C6CC6)c45)nc(c23)OC[C@@H]1CCO. The first-order chi connectivity index (χ1) is 21.8. The fourth-order valence-electron chi connectivity index (χ4n) is 7.65. The first-order valence-electron chi connectivity index (χ1n) is 15.6. The molecule has 12 heteroatoms. The molecule has 0 radical (unpaired) electrons. The third kappa shape index (κ3) is 4.63. The standard InChI is InChI=1S/C33H34F3N5O4/c1-40-20(7-10-42)15-44-31-26-29(38-32(39-30(26)40)45-16-33-8-2-9-41(33)14-19(34)13-33)27(36)28(37-31)22-12-21(43)11-18-5-6-23(35)25(24(18)22)17-3-4-17/h5-6,11-12,17,19-20,42-43H,2-4,7-10,13-16H2,1H3/t19-,20+,33+/m1/s1. The fourth-order valence-corrected chi connectivity index (χ4v) is 7.65. The number of ether oxygens (including phenoxy) is 2. The molecule has 4 aromatic rings. The number of phenols is 1. The molecule has 0 spiro atoms. The maximum atomic E-state index is 16.9. The number of aliphatic hydroxyl groups excluding tert-OH is 1. The van der Waals surface area contributed by atoms with Gasteiger partial charge in [0.05, 0.1) is 11.6 Å². The fraction of sp³-hybridized carbons (Fsp3) is 0.485. The van der Waals surface area contributed by atoms with Crippen LogP contribution in [-0.2, 0) is 0 Å². The minimum atomic E-state index is -0.935. The Bertz CT molecular complexity index is 1840. The molecular weight excluding hydrogens is 587 g/mol. The molecule has 8 rings (SSSR count). The minimum Gasteiger partial charge on any atom is -0.508 e. The van der Waals surface area contributed by atoms with Crippen LogP contribution in [0.1, 0.15) is 50.0 Å². The third-order valence-electron chi connectivity index (χ3n) is 10.0. The molecule has 0 unspecified atom stereocenters. The number of hydrogen-bond acceptors (Lipinski definition) is 9. The Morgan fingerprint density at radius 1 is 1.13 bits per heavy atom. The molecule has 9 nitrogen and oxygen atoms in total. The summed E-state index contributed by atoms with van der Waals surface area (Å²) >= 11 is 0. The monoisotopic (exact) mass is 621 g/mol. The highest BCUT2D eigenvalue weighted by Gasteiger charge is 2.49. The second kappa shape index (κ2) is 10.6. The predicted molar refractivity (Wildman–Crippen MR) is 162 cm³/mol. The number of aromatic hydroxyl groups is 1. The van der Waals surface area contributed by atoms with Crippen LogP contribution in [0, 0.1) is 11.6 Å². The number of fused-ring (bicyclic) bond motifs is 2. The lowest BCUT2D eigenvalue weighted by Gasteiger charge is -2.31. The summed E-state index contributed by atoms with van der Waals surface area (Å²) in [6.45, 7) is 1.35. The van der Waals surface area contributed by atoms with Gasteiger partial charge >= 0.3 is 6.01 Å². The Morgan fingerprint density at radius 2 is 1.98 bits per heavy atom. The van der Waals surface area contributed by atoms with E-state index in [9.17, 15) is 14.6 Å². The molecule has 0 bridgehead atoms. The number of aromatic nitrogens is 3.